The fraction of sp³-hybridized carbons (Fsp3) is 0.556. The fourth-order valence-corrected chi connectivity index (χ4v) is 2.43. The van der Waals surface area contributed by atoms with E-state index in [0.29, 0.717) is 5.92 Å². The van der Waals surface area contributed by atoms with Gasteiger partial charge in [-0.3, -0.25) is 9.59 Å². The van der Waals surface area contributed by atoms with E-state index >= 15 is 0 Å². The summed E-state index contributed by atoms with van der Waals surface area (Å²) < 4.78 is 5.04. The summed E-state index contributed by atoms with van der Waals surface area (Å²) in [5.41, 5.74) is 2.32. The van der Waals surface area contributed by atoms with Crippen LogP contribution in [0.15, 0.2) is 24.3 Å². The Hall–Kier alpha value is -1.84. The maximum Gasteiger partial charge on any atom is 0.309 e. The first-order chi connectivity index (χ1) is 10.5. The molecule has 22 heavy (non-hydrogen) atoms. The first-order valence-electron chi connectivity index (χ1n) is 8.03. The summed E-state index contributed by atoms with van der Waals surface area (Å²) in [6.07, 6.45) is 2.85. The van der Waals surface area contributed by atoms with Crippen LogP contribution in [0, 0.1) is 5.92 Å². The lowest BCUT2D eigenvalue weighted by atomic mass is 9.86. The molecule has 1 N–H and O–H groups in total. The number of amides is 1. The van der Waals surface area contributed by atoms with Crippen molar-refractivity contribution in [1.29, 1.82) is 0 Å². The van der Waals surface area contributed by atoms with E-state index in [1.807, 2.05) is 19.1 Å². The molecule has 4 nitrogen and oxygen atoms in total. The van der Waals surface area contributed by atoms with Gasteiger partial charge >= 0.3 is 5.97 Å². The van der Waals surface area contributed by atoms with Crippen molar-refractivity contribution in [3.8, 4) is 0 Å². The van der Waals surface area contributed by atoms with Crippen molar-refractivity contribution in [3.05, 3.63) is 35.4 Å². The second kappa shape index (κ2) is 7.43. The highest BCUT2D eigenvalue weighted by Gasteiger charge is 2.27. The Morgan fingerprint density at radius 3 is 2.23 bits per heavy atom. The maximum absolute atomic E-state index is 11.8. The summed E-state index contributed by atoms with van der Waals surface area (Å²) in [6, 6.07) is 8.12. The van der Waals surface area contributed by atoms with Gasteiger partial charge in [0.15, 0.2) is 6.61 Å². The third-order valence-corrected chi connectivity index (χ3v) is 4.26. The van der Waals surface area contributed by atoms with E-state index in [-0.39, 0.29) is 30.4 Å². The van der Waals surface area contributed by atoms with E-state index in [1.54, 1.807) is 0 Å². The van der Waals surface area contributed by atoms with Crippen LogP contribution in [-0.4, -0.2) is 18.5 Å². The molecule has 0 aromatic heterocycles. The van der Waals surface area contributed by atoms with E-state index in [2.05, 4.69) is 31.3 Å². The Balaban J connectivity index is 1.78. The van der Waals surface area contributed by atoms with Gasteiger partial charge < -0.3 is 10.1 Å². The van der Waals surface area contributed by atoms with Crippen molar-refractivity contribution in [2.75, 3.05) is 6.61 Å². The molecular weight excluding hydrogens is 278 g/mol. The first kappa shape index (κ1) is 16.5. The molecule has 0 heterocycles. The van der Waals surface area contributed by atoms with Crippen LogP contribution < -0.4 is 5.32 Å². The number of rotatable bonds is 6. The largest absolute Gasteiger partial charge is 0.455 e. The van der Waals surface area contributed by atoms with Crippen LogP contribution in [0.2, 0.25) is 0 Å². The van der Waals surface area contributed by atoms with Crippen LogP contribution in [0.25, 0.3) is 0 Å². The van der Waals surface area contributed by atoms with E-state index in [4.69, 9.17) is 4.74 Å². The standard InChI is InChI=1S/C18H25NO3/c1-12(2)14-7-9-15(10-8-14)13(3)19-17(20)11-22-18(21)16-5-4-6-16/h7-10,12-13,16H,4-6,11H2,1-3H3,(H,19,20)/t13-/m1/s1. The number of hydrogen-bond acceptors (Lipinski definition) is 3. The van der Waals surface area contributed by atoms with Crippen LogP contribution in [0.5, 0.6) is 0 Å². The van der Waals surface area contributed by atoms with Crippen LogP contribution >= 0.6 is 0 Å². The lowest BCUT2D eigenvalue weighted by Gasteiger charge is -2.23. The Morgan fingerprint density at radius 2 is 1.73 bits per heavy atom. The minimum atomic E-state index is -0.256. The molecule has 1 aromatic carbocycles. The average Bonchev–Trinajstić information content (AvgIpc) is 2.43. The van der Waals surface area contributed by atoms with Crippen LogP contribution in [-0.2, 0) is 14.3 Å². The number of carbonyl (C=O) groups excluding carboxylic acids is 2. The highest BCUT2D eigenvalue weighted by atomic mass is 16.5. The van der Waals surface area contributed by atoms with Crippen molar-refractivity contribution >= 4 is 11.9 Å². The molecule has 0 radical (unpaired) electrons. The molecule has 2 rings (SSSR count). The number of esters is 1. The number of nitrogens with one attached hydrogen (secondary N) is 1. The quantitative estimate of drug-likeness (QED) is 0.820. The lowest BCUT2D eigenvalue weighted by molar-refractivity contribution is -0.155. The number of hydrogen-bond donors (Lipinski definition) is 1. The normalized spacial score (nSPS) is 16.0. The molecule has 1 fully saturated rings. The predicted molar refractivity (Wildman–Crippen MR) is 85.4 cm³/mol. The van der Waals surface area contributed by atoms with Crippen molar-refractivity contribution < 1.29 is 14.3 Å². The highest BCUT2D eigenvalue weighted by Crippen LogP contribution is 2.27. The second-order valence-corrected chi connectivity index (χ2v) is 6.35. The minimum absolute atomic E-state index is 0.00815. The topological polar surface area (TPSA) is 55.4 Å². The van der Waals surface area contributed by atoms with Gasteiger partial charge in [-0.15, -0.1) is 0 Å². The van der Waals surface area contributed by atoms with E-state index in [9.17, 15) is 9.59 Å². The summed E-state index contributed by atoms with van der Waals surface area (Å²) >= 11 is 0. The third-order valence-electron chi connectivity index (χ3n) is 4.26. The van der Waals surface area contributed by atoms with Gasteiger partial charge in [-0.05, 0) is 36.8 Å². The zero-order valence-electron chi connectivity index (χ0n) is 13.6. The Kier molecular flexibility index (Phi) is 5.58. The number of ether oxygens (including phenoxy) is 1. The molecule has 0 unspecified atom stereocenters. The van der Waals surface area contributed by atoms with Crippen LogP contribution in [0.3, 0.4) is 0 Å². The van der Waals surface area contributed by atoms with Gasteiger partial charge in [-0.25, -0.2) is 0 Å². The van der Waals surface area contributed by atoms with Gasteiger partial charge in [0.2, 0.25) is 0 Å². The van der Waals surface area contributed by atoms with Gasteiger partial charge in [-0.1, -0.05) is 44.5 Å². The van der Waals surface area contributed by atoms with Gasteiger partial charge in [0.1, 0.15) is 0 Å². The molecule has 1 aliphatic rings. The Labute approximate surface area is 132 Å². The molecule has 0 spiro atoms. The summed E-state index contributed by atoms with van der Waals surface area (Å²) in [5.74, 6) is 0.00196. The monoisotopic (exact) mass is 303 g/mol. The zero-order chi connectivity index (χ0) is 16.1. The molecule has 1 atom stereocenters. The van der Waals surface area contributed by atoms with Crippen molar-refractivity contribution in [1.82, 2.24) is 5.32 Å². The molecule has 0 aliphatic heterocycles. The van der Waals surface area contributed by atoms with Crippen LogP contribution in [0.4, 0.5) is 0 Å². The molecule has 1 amide bonds. The summed E-state index contributed by atoms with van der Waals surface area (Å²) in [4.78, 5) is 23.4. The van der Waals surface area contributed by atoms with Crippen molar-refractivity contribution in [2.24, 2.45) is 5.92 Å². The highest BCUT2D eigenvalue weighted by molar-refractivity contribution is 5.81. The SMILES string of the molecule is CC(C)c1ccc([C@@H](C)NC(=O)COC(=O)C2CCC2)cc1. The molecule has 120 valence electrons. The summed E-state index contributed by atoms with van der Waals surface area (Å²) in [6.45, 7) is 6.03. The van der Waals surface area contributed by atoms with Gasteiger partial charge in [-0.2, -0.15) is 0 Å². The maximum atomic E-state index is 11.8. The fourth-order valence-electron chi connectivity index (χ4n) is 2.43. The molecule has 1 aliphatic carbocycles. The van der Waals surface area contributed by atoms with E-state index < -0.39 is 0 Å². The first-order valence-corrected chi connectivity index (χ1v) is 8.03. The second-order valence-electron chi connectivity index (χ2n) is 6.35. The van der Waals surface area contributed by atoms with E-state index in [0.717, 1.165) is 24.8 Å². The van der Waals surface area contributed by atoms with Crippen molar-refractivity contribution in [2.45, 2.75) is 52.0 Å². The Morgan fingerprint density at radius 1 is 1.14 bits per heavy atom. The van der Waals surface area contributed by atoms with Gasteiger partial charge in [0.05, 0.1) is 12.0 Å². The summed E-state index contributed by atoms with van der Waals surface area (Å²) in [5, 5.41) is 2.86. The average molecular weight is 303 g/mol. The van der Waals surface area contributed by atoms with Crippen LogP contribution in [0.1, 0.15) is 63.1 Å². The zero-order valence-corrected chi connectivity index (χ0v) is 13.6. The molecule has 1 saturated carbocycles. The molecular formula is C18H25NO3. The third kappa shape index (κ3) is 4.33. The molecule has 0 saturated heterocycles. The Bertz CT molecular complexity index is 518. The molecule has 0 bridgehead atoms. The summed E-state index contributed by atoms with van der Waals surface area (Å²) in [7, 11) is 0. The number of carbonyl (C=O) groups is 2. The minimum Gasteiger partial charge on any atom is -0.455 e. The molecule has 1 aromatic rings. The predicted octanol–water partition coefficient (Wildman–Crippen LogP) is 3.33. The van der Waals surface area contributed by atoms with Gasteiger partial charge in [0, 0.05) is 0 Å². The lowest BCUT2D eigenvalue weighted by Crippen LogP contribution is -2.33. The van der Waals surface area contributed by atoms with Gasteiger partial charge in [0.25, 0.3) is 5.91 Å². The number of benzene rings is 1. The van der Waals surface area contributed by atoms with Crippen molar-refractivity contribution in [3.63, 3.8) is 0 Å². The van der Waals surface area contributed by atoms with E-state index in [1.165, 1.54) is 5.56 Å². The smallest absolute Gasteiger partial charge is 0.309 e. The molecule has 4 heteroatoms.